The maximum atomic E-state index is 12.6. The Bertz CT molecular complexity index is 807. The molecule has 0 aliphatic carbocycles. The van der Waals surface area contributed by atoms with Gasteiger partial charge in [-0.1, -0.05) is 20.8 Å². The Kier molecular flexibility index (Phi) is 6.71. The Morgan fingerprint density at radius 1 is 1.35 bits per heavy atom. The van der Waals surface area contributed by atoms with Crippen molar-refractivity contribution in [2.45, 2.75) is 66.5 Å². The van der Waals surface area contributed by atoms with E-state index in [4.69, 9.17) is 4.42 Å². The molecule has 0 radical (unpaired) electrons. The van der Waals surface area contributed by atoms with E-state index in [0.29, 0.717) is 29.5 Å². The molecule has 0 saturated heterocycles. The number of aryl methyl sites for hydroxylation is 3. The Morgan fingerprint density at radius 2 is 2.08 bits per heavy atom. The van der Waals surface area contributed by atoms with Crippen LogP contribution in [0.3, 0.4) is 0 Å². The number of rotatable bonds is 8. The van der Waals surface area contributed by atoms with Crippen molar-refractivity contribution in [3.05, 3.63) is 45.5 Å². The van der Waals surface area contributed by atoms with Gasteiger partial charge in [0.15, 0.2) is 5.82 Å². The summed E-state index contributed by atoms with van der Waals surface area (Å²) < 4.78 is 7.24. The predicted octanol–water partition coefficient (Wildman–Crippen LogP) is 3.03. The lowest BCUT2D eigenvalue weighted by atomic mass is 10.0. The SMILES string of the molecule is CCCn1cnnc1C(C)NC(=O)c1c(C)cc(CCC(C)C)oc1=O. The maximum Gasteiger partial charge on any atom is 0.349 e. The van der Waals surface area contributed by atoms with Gasteiger partial charge in [0.25, 0.3) is 5.91 Å². The minimum absolute atomic E-state index is 0.0479. The van der Waals surface area contributed by atoms with Crippen LogP contribution in [0.2, 0.25) is 0 Å². The zero-order chi connectivity index (χ0) is 19.3. The number of carbonyl (C=O) groups is 1. The van der Waals surface area contributed by atoms with Gasteiger partial charge in [-0.25, -0.2) is 4.79 Å². The van der Waals surface area contributed by atoms with Crippen molar-refractivity contribution >= 4 is 5.91 Å². The number of carbonyl (C=O) groups excluding carboxylic acids is 1. The van der Waals surface area contributed by atoms with Crippen LogP contribution in [-0.2, 0) is 13.0 Å². The average Bonchev–Trinajstić information content (AvgIpc) is 3.01. The molecule has 2 aromatic heterocycles. The summed E-state index contributed by atoms with van der Waals surface area (Å²) in [4.78, 5) is 24.9. The first-order valence-corrected chi connectivity index (χ1v) is 9.15. The molecule has 7 nitrogen and oxygen atoms in total. The van der Waals surface area contributed by atoms with E-state index in [9.17, 15) is 9.59 Å². The average molecular weight is 360 g/mol. The highest BCUT2D eigenvalue weighted by Crippen LogP contribution is 2.14. The number of nitrogens with zero attached hydrogens (tertiary/aromatic N) is 3. The second-order valence-corrected chi connectivity index (χ2v) is 7.07. The van der Waals surface area contributed by atoms with Crippen molar-refractivity contribution in [2.75, 3.05) is 0 Å². The number of amides is 1. The van der Waals surface area contributed by atoms with Crippen LogP contribution >= 0.6 is 0 Å². The van der Waals surface area contributed by atoms with Crippen LogP contribution in [0.5, 0.6) is 0 Å². The zero-order valence-corrected chi connectivity index (χ0v) is 16.2. The molecule has 1 amide bonds. The number of hydrogen-bond donors (Lipinski definition) is 1. The quantitative estimate of drug-likeness (QED) is 0.781. The van der Waals surface area contributed by atoms with Crippen molar-refractivity contribution in [1.29, 1.82) is 0 Å². The summed E-state index contributed by atoms with van der Waals surface area (Å²) in [6, 6.07) is 1.42. The molecular weight excluding hydrogens is 332 g/mol. The molecule has 26 heavy (non-hydrogen) atoms. The molecule has 0 aromatic carbocycles. The summed E-state index contributed by atoms with van der Waals surface area (Å²) in [6.07, 6.45) is 4.20. The Balaban J connectivity index is 2.16. The van der Waals surface area contributed by atoms with Gasteiger partial charge in [-0.2, -0.15) is 0 Å². The predicted molar refractivity (Wildman–Crippen MR) is 99.1 cm³/mol. The minimum Gasteiger partial charge on any atom is -0.427 e. The van der Waals surface area contributed by atoms with Crippen LogP contribution < -0.4 is 10.9 Å². The van der Waals surface area contributed by atoms with Gasteiger partial charge in [-0.15, -0.1) is 10.2 Å². The topological polar surface area (TPSA) is 90.0 Å². The molecule has 2 aromatic rings. The van der Waals surface area contributed by atoms with Gasteiger partial charge in [-0.05, 0) is 44.2 Å². The lowest BCUT2D eigenvalue weighted by Gasteiger charge is -2.15. The van der Waals surface area contributed by atoms with Crippen LogP contribution in [0.25, 0.3) is 0 Å². The lowest BCUT2D eigenvalue weighted by molar-refractivity contribution is 0.0932. The third-order valence-electron chi connectivity index (χ3n) is 4.24. The summed E-state index contributed by atoms with van der Waals surface area (Å²) >= 11 is 0. The number of hydrogen-bond acceptors (Lipinski definition) is 5. The normalized spacial score (nSPS) is 12.4. The van der Waals surface area contributed by atoms with Gasteiger partial charge in [-0.3, -0.25) is 4.79 Å². The first kappa shape index (κ1) is 19.9. The van der Waals surface area contributed by atoms with Crippen LogP contribution in [0.15, 0.2) is 21.6 Å². The largest absolute Gasteiger partial charge is 0.427 e. The standard InChI is InChI=1S/C19H28N4O3/c1-6-9-23-11-20-22-17(23)14(5)21-18(24)16-13(4)10-15(26-19(16)25)8-7-12(2)3/h10-12,14H,6-9H2,1-5H3,(H,21,24). The third-order valence-corrected chi connectivity index (χ3v) is 4.24. The monoisotopic (exact) mass is 360 g/mol. The Labute approximate surface area is 153 Å². The van der Waals surface area contributed by atoms with Crippen LogP contribution in [0, 0.1) is 12.8 Å². The van der Waals surface area contributed by atoms with Crippen LogP contribution in [0.1, 0.15) is 74.1 Å². The second kappa shape index (κ2) is 8.78. The van der Waals surface area contributed by atoms with E-state index >= 15 is 0 Å². The molecule has 0 aliphatic heterocycles. The first-order valence-electron chi connectivity index (χ1n) is 9.15. The molecule has 2 rings (SSSR count). The first-order chi connectivity index (χ1) is 12.3. The number of nitrogens with one attached hydrogen (secondary N) is 1. The van der Waals surface area contributed by atoms with Crippen molar-refractivity contribution in [1.82, 2.24) is 20.1 Å². The van der Waals surface area contributed by atoms with Gasteiger partial charge >= 0.3 is 5.63 Å². The van der Waals surface area contributed by atoms with Gasteiger partial charge in [0, 0.05) is 13.0 Å². The van der Waals surface area contributed by atoms with Crippen molar-refractivity contribution in [3.63, 3.8) is 0 Å². The molecule has 0 fully saturated rings. The molecule has 2 heterocycles. The fourth-order valence-corrected chi connectivity index (χ4v) is 2.85. The van der Waals surface area contributed by atoms with Gasteiger partial charge in [0.2, 0.25) is 0 Å². The molecule has 0 aliphatic rings. The molecular formula is C19H28N4O3. The highest BCUT2D eigenvalue weighted by molar-refractivity contribution is 5.95. The van der Waals surface area contributed by atoms with E-state index in [-0.39, 0.29) is 11.6 Å². The van der Waals surface area contributed by atoms with E-state index in [1.807, 2.05) is 11.5 Å². The molecule has 0 bridgehead atoms. The van der Waals surface area contributed by atoms with E-state index in [1.165, 1.54) is 0 Å². The second-order valence-electron chi connectivity index (χ2n) is 7.07. The fraction of sp³-hybridized carbons (Fsp3) is 0.579. The Hall–Kier alpha value is -2.44. The van der Waals surface area contributed by atoms with Gasteiger partial charge in [0.05, 0.1) is 6.04 Å². The van der Waals surface area contributed by atoms with Crippen molar-refractivity contribution in [2.24, 2.45) is 5.92 Å². The smallest absolute Gasteiger partial charge is 0.349 e. The van der Waals surface area contributed by atoms with Crippen LogP contribution in [0.4, 0.5) is 0 Å². The molecule has 1 unspecified atom stereocenters. The molecule has 1 N–H and O–H groups in total. The van der Waals surface area contributed by atoms with E-state index in [2.05, 4.69) is 36.3 Å². The molecule has 142 valence electrons. The summed E-state index contributed by atoms with van der Waals surface area (Å²) in [7, 11) is 0. The van der Waals surface area contributed by atoms with Crippen LogP contribution in [-0.4, -0.2) is 20.7 Å². The maximum absolute atomic E-state index is 12.6. The molecule has 7 heteroatoms. The third kappa shape index (κ3) is 4.80. The zero-order valence-electron chi connectivity index (χ0n) is 16.2. The van der Waals surface area contributed by atoms with E-state index in [1.54, 1.807) is 19.3 Å². The van der Waals surface area contributed by atoms with Crippen molar-refractivity contribution in [3.8, 4) is 0 Å². The minimum atomic E-state index is -0.594. The van der Waals surface area contributed by atoms with Gasteiger partial charge in [0.1, 0.15) is 17.7 Å². The lowest BCUT2D eigenvalue weighted by Crippen LogP contribution is -2.33. The summed E-state index contributed by atoms with van der Waals surface area (Å²) in [5.41, 5.74) is 0.0786. The van der Waals surface area contributed by atoms with Crippen molar-refractivity contribution < 1.29 is 9.21 Å². The molecule has 1 atom stereocenters. The number of aromatic nitrogens is 3. The Morgan fingerprint density at radius 3 is 2.69 bits per heavy atom. The van der Waals surface area contributed by atoms with E-state index in [0.717, 1.165) is 19.4 Å². The van der Waals surface area contributed by atoms with Gasteiger partial charge < -0.3 is 14.3 Å². The highest BCUT2D eigenvalue weighted by atomic mass is 16.4. The summed E-state index contributed by atoms with van der Waals surface area (Å²) in [5.74, 6) is 1.35. The molecule has 0 spiro atoms. The van der Waals surface area contributed by atoms with E-state index < -0.39 is 11.5 Å². The summed E-state index contributed by atoms with van der Waals surface area (Å²) in [5, 5.41) is 10.8. The summed E-state index contributed by atoms with van der Waals surface area (Å²) in [6.45, 7) is 10.6. The molecule has 0 saturated carbocycles. The fourth-order valence-electron chi connectivity index (χ4n) is 2.85. The highest BCUT2D eigenvalue weighted by Gasteiger charge is 2.21.